The lowest BCUT2D eigenvalue weighted by Crippen LogP contribution is -2.49. The number of carbonyl (C=O) groups excluding carboxylic acids is 1. The average Bonchev–Trinajstić information content (AvgIpc) is 2.90. The van der Waals surface area contributed by atoms with Crippen LogP contribution in [0.15, 0.2) is 96.0 Å². The number of pyridine rings is 1. The van der Waals surface area contributed by atoms with Gasteiger partial charge < -0.3 is 10.1 Å². The summed E-state index contributed by atoms with van der Waals surface area (Å²) in [7, 11) is -2.63. The Bertz CT molecular complexity index is 1410. The van der Waals surface area contributed by atoms with Crippen molar-refractivity contribution in [3.8, 4) is 5.88 Å². The van der Waals surface area contributed by atoms with Crippen molar-refractivity contribution in [2.24, 2.45) is 0 Å². The van der Waals surface area contributed by atoms with Crippen LogP contribution in [0.2, 0.25) is 0 Å². The quantitative estimate of drug-likeness (QED) is 0.373. The van der Waals surface area contributed by atoms with Gasteiger partial charge in [0, 0.05) is 12.6 Å². The number of benzene rings is 3. The van der Waals surface area contributed by atoms with Gasteiger partial charge >= 0.3 is 0 Å². The zero-order valence-electron chi connectivity index (χ0n) is 19.6. The van der Waals surface area contributed by atoms with Gasteiger partial charge in [-0.25, -0.2) is 13.4 Å². The first-order chi connectivity index (χ1) is 16.9. The standard InChI is InChI=1S/C27H27N3O4S/c1-3-25(27(31)29-18-20-9-5-4-6-10-20)30(23-14-16-26(34-2)28-19-23)35(32,33)24-15-13-21-11-7-8-12-22(21)17-24/h4-17,19,25H,3,18H2,1-2H3,(H,29,31). The minimum Gasteiger partial charge on any atom is -0.481 e. The zero-order chi connectivity index (χ0) is 24.8. The summed E-state index contributed by atoms with van der Waals surface area (Å²) < 4.78 is 34.3. The summed E-state index contributed by atoms with van der Waals surface area (Å²) >= 11 is 0. The number of rotatable bonds is 9. The van der Waals surface area contributed by atoms with Crippen LogP contribution in [-0.2, 0) is 21.4 Å². The van der Waals surface area contributed by atoms with Crippen LogP contribution in [-0.4, -0.2) is 32.5 Å². The highest BCUT2D eigenvalue weighted by molar-refractivity contribution is 7.93. The summed E-state index contributed by atoms with van der Waals surface area (Å²) in [5, 5.41) is 4.61. The Labute approximate surface area is 205 Å². The van der Waals surface area contributed by atoms with Gasteiger partial charge in [0.05, 0.1) is 23.9 Å². The Morgan fingerprint density at radius 3 is 2.34 bits per heavy atom. The van der Waals surface area contributed by atoms with E-state index in [1.165, 1.54) is 13.3 Å². The molecule has 0 aliphatic rings. The lowest BCUT2D eigenvalue weighted by atomic mass is 10.1. The molecule has 0 spiro atoms. The van der Waals surface area contributed by atoms with Crippen molar-refractivity contribution in [3.63, 3.8) is 0 Å². The summed E-state index contributed by atoms with van der Waals surface area (Å²) in [5.41, 5.74) is 1.20. The second kappa shape index (κ2) is 10.6. The van der Waals surface area contributed by atoms with Crippen molar-refractivity contribution in [3.05, 3.63) is 96.7 Å². The molecule has 0 radical (unpaired) electrons. The monoisotopic (exact) mass is 489 g/mol. The summed E-state index contributed by atoms with van der Waals surface area (Å²) in [4.78, 5) is 17.6. The summed E-state index contributed by atoms with van der Waals surface area (Å²) in [6, 6.07) is 24.2. The van der Waals surface area contributed by atoms with E-state index in [1.807, 2.05) is 54.6 Å². The van der Waals surface area contributed by atoms with Gasteiger partial charge in [0.25, 0.3) is 10.0 Å². The number of nitrogens with zero attached hydrogens (tertiary/aromatic N) is 2. The molecule has 8 heteroatoms. The van der Waals surface area contributed by atoms with E-state index in [0.29, 0.717) is 12.4 Å². The van der Waals surface area contributed by atoms with Crippen LogP contribution >= 0.6 is 0 Å². The molecular formula is C27H27N3O4S. The largest absolute Gasteiger partial charge is 0.481 e. The van der Waals surface area contributed by atoms with Crippen LogP contribution < -0.4 is 14.4 Å². The molecule has 1 atom stereocenters. The third-order valence-electron chi connectivity index (χ3n) is 5.74. The number of carbonyl (C=O) groups is 1. The molecule has 3 aromatic carbocycles. The number of anilines is 1. The molecule has 1 aromatic heterocycles. The molecule has 4 aromatic rings. The SMILES string of the molecule is CCC(C(=O)NCc1ccccc1)N(c1ccc(OC)nc1)S(=O)(=O)c1ccc2ccccc2c1. The first-order valence-corrected chi connectivity index (χ1v) is 12.7. The molecule has 7 nitrogen and oxygen atoms in total. The third kappa shape index (κ3) is 5.27. The third-order valence-corrected chi connectivity index (χ3v) is 7.58. The number of sulfonamides is 1. The molecule has 4 rings (SSSR count). The first kappa shape index (κ1) is 24.2. The van der Waals surface area contributed by atoms with E-state index in [1.54, 1.807) is 37.3 Å². The van der Waals surface area contributed by atoms with Gasteiger partial charge in [-0.05, 0) is 41.0 Å². The number of aromatic nitrogens is 1. The molecule has 0 bridgehead atoms. The molecule has 0 fully saturated rings. The van der Waals surface area contributed by atoms with Gasteiger partial charge in [-0.15, -0.1) is 0 Å². The molecule has 0 saturated heterocycles. The van der Waals surface area contributed by atoms with E-state index >= 15 is 0 Å². The van der Waals surface area contributed by atoms with Gasteiger partial charge in [-0.1, -0.05) is 67.6 Å². The van der Waals surface area contributed by atoms with Crippen LogP contribution in [0.5, 0.6) is 5.88 Å². The van der Waals surface area contributed by atoms with Crippen LogP contribution in [0.1, 0.15) is 18.9 Å². The lowest BCUT2D eigenvalue weighted by molar-refractivity contribution is -0.122. The number of hydrogen-bond donors (Lipinski definition) is 1. The molecule has 1 amide bonds. The normalized spacial score (nSPS) is 12.2. The highest BCUT2D eigenvalue weighted by atomic mass is 32.2. The molecule has 1 heterocycles. The van der Waals surface area contributed by atoms with Crippen LogP contribution in [0, 0.1) is 0 Å². The lowest BCUT2D eigenvalue weighted by Gasteiger charge is -2.31. The average molecular weight is 490 g/mol. The van der Waals surface area contributed by atoms with Gasteiger partial charge in [0.2, 0.25) is 11.8 Å². The predicted octanol–water partition coefficient (Wildman–Crippen LogP) is 4.53. The molecule has 0 aliphatic carbocycles. The fourth-order valence-corrected chi connectivity index (χ4v) is 5.62. The molecule has 180 valence electrons. The second-order valence-electron chi connectivity index (χ2n) is 8.00. The van der Waals surface area contributed by atoms with E-state index in [4.69, 9.17) is 4.74 Å². The Balaban J connectivity index is 1.74. The topological polar surface area (TPSA) is 88.6 Å². The summed E-state index contributed by atoms with van der Waals surface area (Å²) in [6.45, 7) is 2.08. The van der Waals surface area contributed by atoms with Crippen molar-refractivity contribution in [1.29, 1.82) is 0 Å². The fourth-order valence-electron chi connectivity index (χ4n) is 3.91. The predicted molar refractivity (Wildman–Crippen MR) is 137 cm³/mol. The van der Waals surface area contributed by atoms with Crippen molar-refractivity contribution in [1.82, 2.24) is 10.3 Å². The Morgan fingerprint density at radius 1 is 0.971 bits per heavy atom. The maximum Gasteiger partial charge on any atom is 0.265 e. The molecule has 0 aliphatic heterocycles. The number of fused-ring (bicyclic) bond motifs is 1. The molecule has 0 saturated carbocycles. The number of methoxy groups -OCH3 is 1. The van der Waals surface area contributed by atoms with Crippen molar-refractivity contribution in [2.75, 3.05) is 11.4 Å². The summed E-state index contributed by atoms with van der Waals surface area (Å²) in [5.74, 6) is -0.0464. The number of amides is 1. The van der Waals surface area contributed by atoms with Gasteiger partial charge in [-0.2, -0.15) is 0 Å². The molecule has 35 heavy (non-hydrogen) atoms. The Morgan fingerprint density at radius 2 is 1.69 bits per heavy atom. The van der Waals surface area contributed by atoms with Crippen LogP contribution in [0.4, 0.5) is 5.69 Å². The van der Waals surface area contributed by atoms with E-state index in [9.17, 15) is 13.2 Å². The van der Waals surface area contributed by atoms with E-state index < -0.39 is 22.0 Å². The maximum absolute atomic E-state index is 14.0. The Kier molecular flexibility index (Phi) is 7.31. The molecule has 1 unspecified atom stereocenters. The van der Waals surface area contributed by atoms with Gasteiger partial charge in [0.15, 0.2) is 0 Å². The minimum absolute atomic E-state index is 0.0985. The van der Waals surface area contributed by atoms with Gasteiger partial charge in [-0.3, -0.25) is 9.10 Å². The summed E-state index contributed by atoms with van der Waals surface area (Å²) in [6.07, 6.45) is 1.67. The van der Waals surface area contributed by atoms with E-state index in [0.717, 1.165) is 20.6 Å². The zero-order valence-corrected chi connectivity index (χ0v) is 20.4. The van der Waals surface area contributed by atoms with Crippen LogP contribution in [0.3, 0.4) is 0 Å². The van der Waals surface area contributed by atoms with Crippen molar-refractivity contribution < 1.29 is 17.9 Å². The maximum atomic E-state index is 14.0. The highest BCUT2D eigenvalue weighted by Crippen LogP contribution is 2.30. The smallest absolute Gasteiger partial charge is 0.265 e. The second-order valence-corrected chi connectivity index (χ2v) is 9.81. The highest BCUT2D eigenvalue weighted by Gasteiger charge is 2.35. The van der Waals surface area contributed by atoms with E-state index in [2.05, 4.69) is 10.3 Å². The number of ether oxygens (including phenoxy) is 1. The van der Waals surface area contributed by atoms with E-state index in [-0.39, 0.29) is 17.0 Å². The minimum atomic E-state index is -4.11. The fraction of sp³-hybridized carbons (Fsp3) is 0.185. The number of nitrogens with one attached hydrogen (secondary N) is 1. The van der Waals surface area contributed by atoms with Gasteiger partial charge in [0.1, 0.15) is 6.04 Å². The van der Waals surface area contributed by atoms with Crippen LogP contribution in [0.25, 0.3) is 10.8 Å². The van der Waals surface area contributed by atoms with Crippen molar-refractivity contribution in [2.45, 2.75) is 30.8 Å². The number of hydrogen-bond acceptors (Lipinski definition) is 5. The molecule has 1 N–H and O–H groups in total. The Hall–Kier alpha value is -3.91. The van der Waals surface area contributed by atoms with Crippen molar-refractivity contribution >= 4 is 32.4 Å². The molecular weight excluding hydrogens is 462 g/mol. The first-order valence-electron chi connectivity index (χ1n) is 11.3.